The van der Waals surface area contributed by atoms with Crippen LogP contribution < -0.4 is 4.74 Å². The number of hydrogen-bond acceptors (Lipinski definition) is 5. The van der Waals surface area contributed by atoms with Crippen molar-refractivity contribution < 1.29 is 24.4 Å². The molecule has 1 N–H and O–H groups in total. The van der Waals surface area contributed by atoms with Crippen molar-refractivity contribution in [3.63, 3.8) is 0 Å². The first-order chi connectivity index (χ1) is 9.99. The van der Waals surface area contributed by atoms with E-state index in [2.05, 4.69) is 0 Å². The van der Waals surface area contributed by atoms with Crippen LogP contribution in [0.4, 0.5) is 5.69 Å². The number of carboxylic acid groups (broad SMARTS) is 1. The van der Waals surface area contributed by atoms with Gasteiger partial charge < -0.3 is 14.7 Å². The van der Waals surface area contributed by atoms with E-state index in [-0.39, 0.29) is 12.3 Å². The summed E-state index contributed by atoms with van der Waals surface area (Å²) in [6.07, 6.45) is 1.10. The molecule has 1 aliphatic rings. The lowest BCUT2D eigenvalue weighted by atomic mass is 10.2. The molecule has 0 radical (unpaired) electrons. The monoisotopic (exact) mass is 294 g/mol. The molecule has 0 unspecified atom stereocenters. The fourth-order valence-electron chi connectivity index (χ4n) is 2.21. The average Bonchev–Trinajstić information content (AvgIpc) is 2.95. The summed E-state index contributed by atoms with van der Waals surface area (Å²) in [6, 6.07) is 4.54. The second-order valence-corrected chi connectivity index (χ2v) is 4.62. The van der Waals surface area contributed by atoms with E-state index < -0.39 is 22.8 Å². The molecule has 0 aliphatic carbocycles. The van der Waals surface area contributed by atoms with Crippen molar-refractivity contribution in [2.24, 2.45) is 0 Å². The Hall–Kier alpha value is -2.64. The Morgan fingerprint density at radius 2 is 2.05 bits per heavy atom. The zero-order valence-corrected chi connectivity index (χ0v) is 11.1. The van der Waals surface area contributed by atoms with Crippen molar-refractivity contribution in [1.82, 2.24) is 4.90 Å². The summed E-state index contributed by atoms with van der Waals surface area (Å²) in [5.41, 5.74) is -0.0702. The van der Waals surface area contributed by atoms with Crippen LogP contribution in [0.25, 0.3) is 0 Å². The number of nitro groups is 1. The first-order valence-corrected chi connectivity index (χ1v) is 6.38. The third kappa shape index (κ3) is 3.47. The van der Waals surface area contributed by atoms with E-state index in [0.29, 0.717) is 25.1 Å². The Morgan fingerprint density at radius 1 is 1.38 bits per heavy atom. The third-order valence-corrected chi connectivity index (χ3v) is 3.27. The minimum atomic E-state index is -1.02. The Bertz CT molecular complexity index is 556. The van der Waals surface area contributed by atoms with Crippen LogP contribution in [0.1, 0.15) is 12.8 Å². The van der Waals surface area contributed by atoms with E-state index in [9.17, 15) is 19.7 Å². The van der Waals surface area contributed by atoms with E-state index >= 15 is 0 Å². The molecule has 0 saturated carbocycles. The summed E-state index contributed by atoms with van der Waals surface area (Å²) in [5, 5.41) is 19.5. The van der Waals surface area contributed by atoms with E-state index in [4.69, 9.17) is 9.84 Å². The van der Waals surface area contributed by atoms with Gasteiger partial charge in [-0.15, -0.1) is 0 Å². The molecule has 0 bridgehead atoms. The number of carbonyl (C=O) groups is 2. The molecule has 1 amide bonds. The van der Waals surface area contributed by atoms with Gasteiger partial charge in [-0.05, 0) is 25.0 Å². The molecule has 1 aromatic rings. The highest BCUT2D eigenvalue weighted by Gasteiger charge is 2.33. The number of ether oxygens (including phenoxy) is 1. The summed E-state index contributed by atoms with van der Waals surface area (Å²) >= 11 is 0. The predicted molar refractivity (Wildman–Crippen MR) is 71.0 cm³/mol. The molecule has 8 nitrogen and oxygen atoms in total. The maximum atomic E-state index is 11.9. The maximum absolute atomic E-state index is 11.9. The number of aliphatic carboxylic acids is 1. The van der Waals surface area contributed by atoms with E-state index in [1.165, 1.54) is 29.2 Å². The maximum Gasteiger partial charge on any atom is 0.326 e. The number of nitro benzene ring substituents is 1. The second-order valence-electron chi connectivity index (χ2n) is 4.62. The molecule has 1 aromatic carbocycles. The lowest BCUT2D eigenvalue weighted by molar-refractivity contribution is -0.384. The highest BCUT2D eigenvalue weighted by molar-refractivity contribution is 5.85. The Morgan fingerprint density at radius 3 is 2.62 bits per heavy atom. The number of hydrogen-bond donors (Lipinski definition) is 1. The van der Waals surface area contributed by atoms with Crippen LogP contribution in [-0.2, 0) is 9.59 Å². The molecule has 112 valence electrons. The minimum Gasteiger partial charge on any atom is -0.484 e. The Balaban J connectivity index is 1.91. The van der Waals surface area contributed by atoms with Crippen LogP contribution in [0, 0.1) is 10.1 Å². The van der Waals surface area contributed by atoms with Crippen molar-refractivity contribution in [3.8, 4) is 5.75 Å². The SMILES string of the molecule is O=C(O)[C@H]1CCCN1C(=O)COc1ccc([N+](=O)[O-])cc1. The van der Waals surface area contributed by atoms with Crippen molar-refractivity contribution in [2.75, 3.05) is 13.2 Å². The number of benzene rings is 1. The molecule has 1 heterocycles. The highest BCUT2D eigenvalue weighted by Crippen LogP contribution is 2.19. The van der Waals surface area contributed by atoms with Crippen molar-refractivity contribution in [2.45, 2.75) is 18.9 Å². The molecular weight excluding hydrogens is 280 g/mol. The van der Waals surface area contributed by atoms with E-state index in [1.54, 1.807) is 0 Å². The van der Waals surface area contributed by atoms with Crippen LogP contribution in [0.2, 0.25) is 0 Å². The smallest absolute Gasteiger partial charge is 0.326 e. The third-order valence-electron chi connectivity index (χ3n) is 3.27. The molecule has 1 saturated heterocycles. The van der Waals surface area contributed by atoms with Crippen LogP contribution in [0.5, 0.6) is 5.75 Å². The van der Waals surface area contributed by atoms with Crippen LogP contribution >= 0.6 is 0 Å². The fourth-order valence-corrected chi connectivity index (χ4v) is 2.21. The van der Waals surface area contributed by atoms with Gasteiger partial charge in [0, 0.05) is 18.7 Å². The van der Waals surface area contributed by atoms with Gasteiger partial charge in [0.2, 0.25) is 0 Å². The topological polar surface area (TPSA) is 110 Å². The number of carbonyl (C=O) groups excluding carboxylic acids is 1. The molecule has 0 spiro atoms. The quantitative estimate of drug-likeness (QED) is 0.642. The molecule has 1 atom stereocenters. The molecule has 2 rings (SSSR count). The predicted octanol–water partition coefficient (Wildman–Crippen LogP) is 1.05. The first kappa shape index (κ1) is 14.8. The normalized spacial score (nSPS) is 17.5. The molecule has 21 heavy (non-hydrogen) atoms. The first-order valence-electron chi connectivity index (χ1n) is 6.38. The lowest BCUT2D eigenvalue weighted by Crippen LogP contribution is -2.42. The van der Waals surface area contributed by atoms with E-state index in [1.807, 2.05) is 0 Å². The van der Waals surface area contributed by atoms with Gasteiger partial charge in [-0.25, -0.2) is 4.79 Å². The zero-order chi connectivity index (χ0) is 15.4. The molecule has 1 fully saturated rings. The number of nitrogens with zero attached hydrogens (tertiary/aromatic N) is 2. The number of rotatable bonds is 5. The highest BCUT2D eigenvalue weighted by atomic mass is 16.6. The number of likely N-dealkylation sites (tertiary alicyclic amines) is 1. The molecule has 0 aromatic heterocycles. The average molecular weight is 294 g/mol. The summed E-state index contributed by atoms with van der Waals surface area (Å²) in [5.74, 6) is -1.10. The number of amides is 1. The van der Waals surface area contributed by atoms with Crippen molar-refractivity contribution in [3.05, 3.63) is 34.4 Å². The van der Waals surface area contributed by atoms with Gasteiger partial charge in [0.15, 0.2) is 6.61 Å². The summed E-state index contributed by atoms with van der Waals surface area (Å²) in [6.45, 7) is 0.112. The van der Waals surface area contributed by atoms with Crippen molar-refractivity contribution >= 4 is 17.6 Å². The van der Waals surface area contributed by atoms with Crippen LogP contribution in [-0.4, -0.2) is 46.0 Å². The standard InChI is InChI=1S/C13H14N2O6/c16-12(14-7-1-2-11(14)13(17)18)8-21-10-5-3-9(4-6-10)15(19)20/h3-6,11H,1-2,7-8H2,(H,17,18)/t11-/m1/s1. The van der Waals surface area contributed by atoms with Gasteiger partial charge in [-0.1, -0.05) is 0 Å². The fraction of sp³-hybridized carbons (Fsp3) is 0.385. The van der Waals surface area contributed by atoms with Gasteiger partial charge in [0.05, 0.1) is 4.92 Å². The summed E-state index contributed by atoms with van der Waals surface area (Å²) < 4.78 is 5.24. The van der Waals surface area contributed by atoms with Crippen LogP contribution in [0.15, 0.2) is 24.3 Å². The lowest BCUT2D eigenvalue weighted by Gasteiger charge is -2.21. The van der Waals surface area contributed by atoms with Crippen molar-refractivity contribution in [1.29, 1.82) is 0 Å². The zero-order valence-electron chi connectivity index (χ0n) is 11.1. The largest absolute Gasteiger partial charge is 0.484 e. The number of carboxylic acids is 1. The van der Waals surface area contributed by atoms with Crippen LogP contribution in [0.3, 0.4) is 0 Å². The number of non-ortho nitro benzene ring substituents is 1. The van der Waals surface area contributed by atoms with Gasteiger partial charge >= 0.3 is 5.97 Å². The molecule has 8 heteroatoms. The summed E-state index contributed by atoms with van der Waals surface area (Å²) in [7, 11) is 0. The summed E-state index contributed by atoms with van der Waals surface area (Å²) in [4.78, 5) is 34.2. The molecule has 1 aliphatic heterocycles. The Labute approximate surface area is 120 Å². The molecular formula is C13H14N2O6. The van der Waals surface area contributed by atoms with Gasteiger partial charge in [-0.2, -0.15) is 0 Å². The van der Waals surface area contributed by atoms with E-state index in [0.717, 1.165) is 0 Å². The van der Waals surface area contributed by atoms with Gasteiger partial charge in [0.25, 0.3) is 11.6 Å². The second kappa shape index (κ2) is 6.21. The Kier molecular flexibility index (Phi) is 4.36. The van der Waals surface area contributed by atoms with Gasteiger partial charge in [0.1, 0.15) is 11.8 Å². The minimum absolute atomic E-state index is 0.0702. The van der Waals surface area contributed by atoms with Gasteiger partial charge in [-0.3, -0.25) is 14.9 Å².